The Morgan fingerprint density at radius 3 is 1.45 bits per heavy atom. The summed E-state index contributed by atoms with van der Waals surface area (Å²) in [5.41, 5.74) is 0. The van der Waals surface area contributed by atoms with Crippen molar-refractivity contribution in [3.8, 4) is 0 Å². The van der Waals surface area contributed by atoms with Crippen LogP contribution < -0.4 is 0 Å². The fourth-order valence-corrected chi connectivity index (χ4v) is 3.42. The van der Waals surface area contributed by atoms with E-state index < -0.39 is 40.4 Å². The molecule has 0 fully saturated rings. The van der Waals surface area contributed by atoms with Gasteiger partial charge in [0.2, 0.25) is 0 Å². The molecule has 0 atom stereocenters. The number of hydrogen-bond acceptors (Lipinski definition) is 1. The van der Waals surface area contributed by atoms with Crippen molar-refractivity contribution >= 4 is 40.4 Å². The summed E-state index contributed by atoms with van der Waals surface area (Å²) in [6.07, 6.45) is 0. The van der Waals surface area contributed by atoms with E-state index in [9.17, 15) is 0 Å². The fourth-order valence-electron chi connectivity index (χ4n) is 0.596. The van der Waals surface area contributed by atoms with Crippen molar-refractivity contribution in [3.05, 3.63) is 0 Å². The SMILES string of the molecule is [CH3][Sb]([CH3])[CH2]COC[CH2][Sb]([CH3])[CH3]. The molecule has 0 saturated carbocycles. The Balaban J connectivity index is 2.91. The summed E-state index contributed by atoms with van der Waals surface area (Å²) in [4.78, 5) is 9.69. The molecule has 0 amide bonds. The van der Waals surface area contributed by atoms with Gasteiger partial charge >= 0.3 is 86.6 Å². The van der Waals surface area contributed by atoms with Crippen molar-refractivity contribution in [1.82, 2.24) is 0 Å². The van der Waals surface area contributed by atoms with Gasteiger partial charge in [0.1, 0.15) is 0 Å². The Morgan fingerprint density at radius 1 is 0.818 bits per heavy atom. The van der Waals surface area contributed by atoms with E-state index in [0.717, 1.165) is 13.2 Å². The first-order valence-corrected chi connectivity index (χ1v) is 17.8. The van der Waals surface area contributed by atoms with Crippen LogP contribution in [0, 0.1) is 0 Å². The van der Waals surface area contributed by atoms with Gasteiger partial charge in [-0.3, -0.25) is 0 Å². The van der Waals surface area contributed by atoms with Gasteiger partial charge < -0.3 is 0 Å². The summed E-state index contributed by atoms with van der Waals surface area (Å²) < 4.78 is 8.34. The van der Waals surface area contributed by atoms with E-state index in [0.29, 0.717) is 0 Å². The van der Waals surface area contributed by atoms with Crippen LogP contribution in [0.25, 0.3) is 0 Å². The van der Waals surface area contributed by atoms with Gasteiger partial charge in [-0.25, -0.2) is 0 Å². The number of hydrogen-bond donors (Lipinski definition) is 0. The van der Waals surface area contributed by atoms with Crippen LogP contribution in [0.1, 0.15) is 0 Å². The quantitative estimate of drug-likeness (QED) is 0.512. The molecule has 0 heterocycles. The molecule has 0 saturated heterocycles. The Bertz CT molecular complexity index is 74.2. The van der Waals surface area contributed by atoms with Crippen LogP contribution in [-0.2, 0) is 4.74 Å². The molecule has 0 bridgehead atoms. The van der Waals surface area contributed by atoms with Gasteiger partial charge in [-0.05, 0) is 0 Å². The van der Waals surface area contributed by atoms with Crippen molar-refractivity contribution in [2.75, 3.05) is 13.2 Å². The Kier molecular flexibility index (Phi) is 9.40. The summed E-state index contributed by atoms with van der Waals surface area (Å²) >= 11 is -1.42. The average Bonchev–Trinajstić information content (AvgIpc) is 1.85. The van der Waals surface area contributed by atoms with Crippen molar-refractivity contribution < 1.29 is 4.74 Å². The summed E-state index contributed by atoms with van der Waals surface area (Å²) in [6, 6.07) is 0. The monoisotopic (exact) mass is 374 g/mol. The van der Waals surface area contributed by atoms with Crippen LogP contribution in [0.3, 0.4) is 0 Å². The molecule has 0 radical (unpaired) electrons. The van der Waals surface area contributed by atoms with E-state index in [1.54, 1.807) is 0 Å². The third-order valence-electron chi connectivity index (χ3n) is 1.37. The summed E-state index contributed by atoms with van der Waals surface area (Å²) in [6.45, 7) is 2.09. The van der Waals surface area contributed by atoms with E-state index >= 15 is 0 Å². The van der Waals surface area contributed by atoms with Gasteiger partial charge in [0, 0.05) is 0 Å². The molecule has 0 aliphatic heterocycles. The summed E-state index contributed by atoms with van der Waals surface area (Å²) in [5.74, 6) is 0. The van der Waals surface area contributed by atoms with Gasteiger partial charge in [0.25, 0.3) is 0 Å². The molecule has 0 aliphatic carbocycles. The van der Waals surface area contributed by atoms with E-state index in [1.165, 1.54) is 8.73 Å². The Labute approximate surface area is 85.8 Å². The topological polar surface area (TPSA) is 9.23 Å². The molecular formula is C8H20OSb2. The van der Waals surface area contributed by atoms with Crippen molar-refractivity contribution in [2.45, 2.75) is 28.2 Å². The molecular weight excluding hydrogens is 356 g/mol. The summed E-state index contributed by atoms with van der Waals surface area (Å²) in [5, 5.41) is 0. The molecule has 0 rings (SSSR count). The maximum absolute atomic E-state index is 5.55. The normalized spacial score (nSPS) is 11.5. The fraction of sp³-hybridized carbons (Fsp3) is 1.00. The molecule has 0 N–H and O–H groups in total. The number of rotatable bonds is 6. The van der Waals surface area contributed by atoms with Crippen LogP contribution in [0.4, 0.5) is 0 Å². The van der Waals surface area contributed by atoms with E-state index in [2.05, 4.69) is 19.5 Å². The number of ether oxygens (including phenoxy) is 1. The van der Waals surface area contributed by atoms with Crippen LogP contribution in [0.15, 0.2) is 0 Å². The van der Waals surface area contributed by atoms with Gasteiger partial charge in [-0.1, -0.05) is 0 Å². The van der Waals surface area contributed by atoms with Crippen LogP contribution in [0.5, 0.6) is 0 Å². The predicted octanol–water partition coefficient (Wildman–Crippen LogP) is 2.51. The third-order valence-corrected chi connectivity index (χ3v) is 7.51. The first kappa shape index (κ1) is 12.6. The second-order valence-corrected chi connectivity index (χ2v) is 18.1. The molecule has 11 heavy (non-hydrogen) atoms. The van der Waals surface area contributed by atoms with E-state index in [4.69, 9.17) is 4.74 Å². The van der Waals surface area contributed by atoms with Gasteiger partial charge in [0.05, 0.1) is 0 Å². The molecule has 0 aliphatic rings. The third kappa shape index (κ3) is 11.6. The van der Waals surface area contributed by atoms with Crippen LogP contribution in [-0.4, -0.2) is 53.6 Å². The second-order valence-electron chi connectivity index (χ2n) is 3.22. The average molecular weight is 376 g/mol. The molecule has 0 aromatic rings. The predicted molar refractivity (Wildman–Crippen MR) is 55.4 cm³/mol. The molecule has 0 spiro atoms. The molecule has 3 heteroatoms. The second kappa shape index (κ2) is 8.21. The van der Waals surface area contributed by atoms with Gasteiger partial charge in [0.15, 0.2) is 0 Å². The van der Waals surface area contributed by atoms with E-state index in [1.807, 2.05) is 0 Å². The first-order valence-electron chi connectivity index (χ1n) is 4.00. The van der Waals surface area contributed by atoms with Crippen molar-refractivity contribution in [3.63, 3.8) is 0 Å². The zero-order chi connectivity index (χ0) is 8.69. The Hall–Kier alpha value is 1.60. The van der Waals surface area contributed by atoms with E-state index in [-0.39, 0.29) is 0 Å². The molecule has 0 aromatic carbocycles. The molecule has 0 unspecified atom stereocenters. The van der Waals surface area contributed by atoms with Crippen molar-refractivity contribution in [1.29, 1.82) is 0 Å². The zero-order valence-corrected chi connectivity index (χ0v) is 13.2. The zero-order valence-electron chi connectivity index (χ0n) is 8.13. The minimum atomic E-state index is -0.711. The van der Waals surface area contributed by atoms with Crippen LogP contribution >= 0.6 is 0 Å². The maximum atomic E-state index is 5.55. The molecule has 0 aromatic heterocycles. The Morgan fingerprint density at radius 2 is 1.18 bits per heavy atom. The standard InChI is InChI=1S/C4H8O.4CH3.2Sb/c1-3-5-4-2;;;;;;/h1-4H2;4*1H3;;. The van der Waals surface area contributed by atoms with Crippen molar-refractivity contribution in [2.24, 2.45) is 0 Å². The molecule has 1 nitrogen and oxygen atoms in total. The minimum absolute atomic E-state index is 0.711. The molecule has 68 valence electrons. The van der Waals surface area contributed by atoms with Crippen LogP contribution in [0.2, 0.25) is 28.2 Å². The van der Waals surface area contributed by atoms with Gasteiger partial charge in [-0.2, -0.15) is 0 Å². The van der Waals surface area contributed by atoms with Gasteiger partial charge in [-0.15, -0.1) is 0 Å². The summed E-state index contributed by atoms with van der Waals surface area (Å²) in [7, 11) is 0. The first-order chi connectivity index (χ1) is 5.13.